The topological polar surface area (TPSA) is 109 Å². The molecule has 0 aliphatic heterocycles. The summed E-state index contributed by atoms with van der Waals surface area (Å²) in [4.78, 5) is 11.9. The second-order valence-electron chi connectivity index (χ2n) is 4.42. The number of amides is 1. The van der Waals surface area contributed by atoms with Crippen LogP contribution in [0.3, 0.4) is 0 Å². The monoisotopic (exact) mass is 306 g/mol. The van der Waals surface area contributed by atoms with Crippen molar-refractivity contribution < 1.29 is 18.3 Å². The van der Waals surface area contributed by atoms with Crippen molar-refractivity contribution in [1.82, 2.24) is 5.32 Å². The van der Waals surface area contributed by atoms with E-state index >= 15 is 0 Å². The van der Waals surface area contributed by atoms with E-state index in [4.69, 9.17) is 10.2 Å². The molecule has 2 aromatic rings. The van der Waals surface area contributed by atoms with Crippen LogP contribution in [0.4, 0.5) is 0 Å². The van der Waals surface area contributed by atoms with E-state index in [1.54, 1.807) is 12.1 Å². The molecule has 2 rings (SSSR count). The smallest absolute Gasteiger partial charge is 0.251 e. The van der Waals surface area contributed by atoms with Gasteiger partial charge in [0, 0.05) is 12.1 Å². The highest BCUT2D eigenvalue weighted by Crippen LogP contribution is 2.11. The molecule has 0 atom stereocenters. The van der Waals surface area contributed by atoms with Crippen LogP contribution in [-0.4, -0.2) is 19.4 Å². The van der Waals surface area contributed by atoms with Crippen LogP contribution in [0.25, 0.3) is 0 Å². The van der Waals surface area contributed by atoms with Gasteiger partial charge in [0.15, 0.2) is 0 Å². The number of nitrogens with one attached hydrogen (secondary N) is 1. The third-order valence-electron chi connectivity index (χ3n) is 2.83. The third-order valence-corrected chi connectivity index (χ3v) is 3.76. The molecule has 2 aromatic carbocycles. The fraction of sp³-hybridized carbons (Fsp3) is 0.0714. The van der Waals surface area contributed by atoms with Gasteiger partial charge in [0.05, 0.1) is 4.90 Å². The van der Waals surface area contributed by atoms with Crippen molar-refractivity contribution in [1.29, 1.82) is 0 Å². The van der Waals surface area contributed by atoms with E-state index in [0.29, 0.717) is 5.56 Å². The summed E-state index contributed by atoms with van der Waals surface area (Å²) >= 11 is 0. The summed E-state index contributed by atoms with van der Waals surface area (Å²) in [6, 6.07) is 11.8. The van der Waals surface area contributed by atoms with Gasteiger partial charge in [0.1, 0.15) is 5.75 Å². The SMILES string of the molecule is NS(=O)(=O)c1ccc(CNC(=O)c2ccc(O)cc2)cc1. The zero-order valence-electron chi connectivity index (χ0n) is 11.0. The molecule has 110 valence electrons. The molecule has 0 heterocycles. The minimum atomic E-state index is -3.71. The summed E-state index contributed by atoms with van der Waals surface area (Å²) in [5, 5.41) is 16.8. The molecule has 0 saturated carbocycles. The number of phenolic OH excluding ortho intramolecular Hbond substituents is 1. The van der Waals surface area contributed by atoms with Gasteiger partial charge in [-0.1, -0.05) is 12.1 Å². The number of hydrogen-bond acceptors (Lipinski definition) is 4. The minimum Gasteiger partial charge on any atom is -0.508 e. The molecule has 7 heteroatoms. The molecule has 0 radical (unpaired) electrons. The van der Waals surface area contributed by atoms with Crippen LogP contribution in [0.15, 0.2) is 53.4 Å². The maximum atomic E-state index is 11.8. The van der Waals surface area contributed by atoms with Crippen LogP contribution in [0.2, 0.25) is 0 Å². The maximum Gasteiger partial charge on any atom is 0.251 e. The molecule has 0 fully saturated rings. The minimum absolute atomic E-state index is 0.0242. The molecule has 21 heavy (non-hydrogen) atoms. The largest absolute Gasteiger partial charge is 0.508 e. The van der Waals surface area contributed by atoms with Crippen molar-refractivity contribution in [3.63, 3.8) is 0 Å². The predicted octanol–water partition coefficient (Wildman–Crippen LogP) is 0.970. The Labute approximate surface area is 122 Å². The summed E-state index contributed by atoms with van der Waals surface area (Å²) < 4.78 is 22.2. The number of phenols is 1. The fourth-order valence-corrected chi connectivity index (χ4v) is 2.21. The van der Waals surface area contributed by atoms with Crippen molar-refractivity contribution in [3.05, 3.63) is 59.7 Å². The molecule has 1 amide bonds. The van der Waals surface area contributed by atoms with Gasteiger partial charge in [0.25, 0.3) is 5.91 Å². The van der Waals surface area contributed by atoms with Crippen molar-refractivity contribution in [2.24, 2.45) is 5.14 Å². The lowest BCUT2D eigenvalue weighted by molar-refractivity contribution is 0.0951. The Morgan fingerprint density at radius 3 is 2.14 bits per heavy atom. The average Bonchev–Trinajstić information content (AvgIpc) is 2.45. The van der Waals surface area contributed by atoms with E-state index in [-0.39, 0.29) is 23.1 Å². The lowest BCUT2D eigenvalue weighted by Gasteiger charge is -2.06. The summed E-state index contributed by atoms with van der Waals surface area (Å²) in [7, 11) is -3.71. The van der Waals surface area contributed by atoms with Crippen molar-refractivity contribution in [3.8, 4) is 5.75 Å². The Kier molecular flexibility index (Phi) is 4.25. The maximum absolute atomic E-state index is 11.8. The van der Waals surface area contributed by atoms with E-state index in [9.17, 15) is 13.2 Å². The summed E-state index contributed by atoms with van der Waals surface area (Å²) in [5.74, 6) is -0.198. The lowest BCUT2D eigenvalue weighted by Crippen LogP contribution is -2.22. The molecule has 0 saturated heterocycles. The molecule has 6 nitrogen and oxygen atoms in total. The second kappa shape index (κ2) is 5.94. The van der Waals surface area contributed by atoms with Gasteiger partial charge < -0.3 is 10.4 Å². The fourth-order valence-electron chi connectivity index (χ4n) is 1.69. The van der Waals surface area contributed by atoms with Gasteiger partial charge in [-0.25, -0.2) is 13.6 Å². The van der Waals surface area contributed by atoms with E-state index in [0.717, 1.165) is 5.56 Å². The molecule has 0 aliphatic rings. The number of nitrogens with two attached hydrogens (primary N) is 1. The van der Waals surface area contributed by atoms with Crippen molar-refractivity contribution in [2.75, 3.05) is 0 Å². The van der Waals surface area contributed by atoms with Crippen LogP contribution in [0, 0.1) is 0 Å². The summed E-state index contributed by atoms with van der Waals surface area (Å²) in [6.45, 7) is 0.255. The Morgan fingerprint density at radius 2 is 1.62 bits per heavy atom. The zero-order valence-corrected chi connectivity index (χ0v) is 11.8. The van der Waals surface area contributed by atoms with Gasteiger partial charge in [-0.15, -0.1) is 0 Å². The standard InChI is InChI=1S/C14H14N2O4S/c15-21(19,20)13-7-1-10(2-8-13)9-16-14(18)11-3-5-12(17)6-4-11/h1-8,17H,9H2,(H,16,18)(H2,15,19,20). The summed E-state index contributed by atoms with van der Waals surface area (Å²) in [6.07, 6.45) is 0. The van der Waals surface area contributed by atoms with E-state index in [1.165, 1.54) is 36.4 Å². The van der Waals surface area contributed by atoms with Crippen molar-refractivity contribution in [2.45, 2.75) is 11.4 Å². The molecule has 0 aliphatic carbocycles. The van der Waals surface area contributed by atoms with E-state index < -0.39 is 10.0 Å². The highest BCUT2D eigenvalue weighted by Gasteiger charge is 2.08. The van der Waals surface area contributed by atoms with Crippen molar-refractivity contribution >= 4 is 15.9 Å². The van der Waals surface area contributed by atoms with Crippen LogP contribution < -0.4 is 10.5 Å². The number of hydrogen-bond donors (Lipinski definition) is 3. The molecule has 0 bridgehead atoms. The number of benzene rings is 2. The van der Waals surface area contributed by atoms with Crippen LogP contribution in [-0.2, 0) is 16.6 Å². The van der Waals surface area contributed by atoms with Gasteiger partial charge in [-0.05, 0) is 42.0 Å². The Morgan fingerprint density at radius 1 is 1.05 bits per heavy atom. The first-order valence-electron chi connectivity index (χ1n) is 6.05. The molecule has 0 unspecified atom stereocenters. The van der Waals surface area contributed by atoms with Gasteiger partial charge in [-0.2, -0.15) is 0 Å². The van der Waals surface area contributed by atoms with Gasteiger partial charge in [-0.3, -0.25) is 4.79 Å². The Hall–Kier alpha value is -2.38. The molecular weight excluding hydrogens is 292 g/mol. The highest BCUT2D eigenvalue weighted by molar-refractivity contribution is 7.89. The molecule has 4 N–H and O–H groups in total. The highest BCUT2D eigenvalue weighted by atomic mass is 32.2. The number of carbonyl (C=O) groups is 1. The molecular formula is C14H14N2O4S. The normalized spacial score (nSPS) is 11.1. The Balaban J connectivity index is 2.00. The predicted molar refractivity (Wildman–Crippen MR) is 77.1 cm³/mol. The first-order valence-corrected chi connectivity index (χ1v) is 7.60. The summed E-state index contributed by atoms with van der Waals surface area (Å²) in [5.41, 5.74) is 1.17. The first kappa shape index (κ1) is 15.0. The average molecular weight is 306 g/mol. The van der Waals surface area contributed by atoms with Crippen LogP contribution >= 0.6 is 0 Å². The molecule has 0 spiro atoms. The Bertz CT molecular complexity index is 738. The zero-order chi connectivity index (χ0) is 15.5. The number of sulfonamides is 1. The van der Waals surface area contributed by atoms with E-state index in [1.807, 2.05) is 0 Å². The van der Waals surface area contributed by atoms with Crippen LogP contribution in [0.1, 0.15) is 15.9 Å². The second-order valence-corrected chi connectivity index (χ2v) is 5.98. The first-order chi connectivity index (χ1) is 9.86. The third kappa shape index (κ3) is 4.04. The lowest BCUT2D eigenvalue weighted by atomic mass is 10.2. The van der Waals surface area contributed by atoms with E-state index in [2.05, 4.69) is 5.32 Å². The number of primary sulfonamides is 1. The van der Waals surface area contributed by atoms with Gasteiger partial charge >= 0.3 is 0 Å². The van der Waals surface area contributed by atoms with Crippen LogP contribution in [0.5, 0.6) is 5.75 Å². The number of carbonyl (C=O) groups excluding carboxylic acids is 1. The number of rotatable bonds is 4. The van der Waals surface area contributed by atoms with Gasteiger partial charge in [0.2, 0.25) is 10.0 Å². The number of aromatic hydroxyl groups is 1. The molecule has 0 aromatic heterocycles. The quantitative estimate of drug-likeness (QED) is 0.781.